The lowest BCUT2D eigenvalue weighted by molar-refractivity contribution is 0.0979. The quantitative estimate of drug-likeness (QED) is 0.464. The molecule has 0 N–H and O–H groups in total. The molecule has 3 aromatic carbocycles. The van der Waals surface area contributed by atoms with Crippen molar-refractivity contribution in [3.05, 3.63) is 95.3 Å². The molecule has 0 spiro atoms. The number of benzene rings is 3. The Morgan fingerprint density at radius 2 is 1.32 bits per heavy atom. The maximum atomic E-state index is 13.2. The van der Waals surface area contributed by atoms with Gasteiger partial charge in [-0.15, -0.1) is 0 Å². The van der Waals surface area contributed by atoms with E-state index in [0.29, 0.717) is 16.6 Å². The number of fused-ring (bicyclic) bond motifs is 3. The molecule has 0 radical (unpaired) electrons. The summed E-state index contributed by atoms with van der Waals surface area (Å²) < 4.78 is 27.4. The molecule has 6 nitrogen and oxygen atoms in total. The van der Waals surface area contributed by atoms with E-state index in [1.54, 1.807) is 48.5 Å². The van der Waals surface area contributed by atoms with Crippen LogP contribution in [0, 0.1) is 0 Å². The lowest BCUT2D eigenvalue weighted by atomic mass is 9.84. The molecule has 1 heterocycles. The number of hydrogen-bond donors (Lipinski definition) is 0. The normalized spacial score (nSPS) is 13.4. The first-order valence-corrected chi connectivity index (χ1v) is 9.92. The van der Waals surface area contributed by atoms with Gasteiger partial charge in [0.15, 0.2) is 11.6 Å². The molecule has 0 bridgehead atoms. The molecule has 4 aromatic rings. The van der Waals surface area contributed by atoms with Gasteiger partial charge in [-0.05, 0) is 30.3 Å². The summed E-state index contributed by atoms with van der Waals surface area (Å²) in [6, 6.07) is 17.4. The Balaban J connectivity index is 1.69. The smallest absolute Gasteiger partial charge is 0.269 e. The molecule has 28 heavy (non-hydrogen) atoms. The van der Waals surface area contributed by atoms with Gasteiger partial charge in [0.25, 0.3) is 10.0 Å². The van der Waals surface area contributed by atoms with E-state index in [4.69, 9.17) is 0 Å². The van der Waals surface area contributed by atoms with Gasteiger partial charge in [0, 0.05) is 22.3 Å². The van der Waals surface area contributed by atoms with Gasteiger partial charge in [0.05, 0.1) is 15.9 Å². The van der Waals surface area contributed by atoms with Crippen LogP contribution in [0.1, 0.15) is 31.8 Å². The van der Waals surface area contributed by atoms with Gasteiger partial charge in [-0.3, -0.25) is 9.59 Å². The maximum absolute atomic E-state index is 13.2. The molecule has 1 aliphatic rings. The first kappa shape index (κ1) is 16.6. The van der Waals surface area contributed by atoms with Crippen LogP contribution in [0.25, 0.3) is 11.0 Å². The van der Waals surface area contributed by atoms with Crippen molar-refractivity contribution in [1.29, 1.82) is 0 Å². The van der Waals surface area contributed by atoms with Gasteiger partial charge in [0.2, 0.25) is 0 Å². The van der Waals surface area contributed by atoms with Crippen LogP contribution in [0.15, 0.2) is 78.0 Å². The van der Waals surface area contributed by atoms with Crippen molar-refractivity contribution in [2.24, 2.45) is 0 Å². The van der Waals surface area contributed by atoms with Gasteiger partial charge in [0.1, 0.15) is 6.33 Å². The van der Waals surface area contributed by atoms with Gasteiger partial charge < -0.3 is 0 Å². The van der Waals surface area contributed by atoms with Crippen molar-refractivity contribution in [2.45, 2.75) is 4.90 Å². The monoisotopic (exact) mass is 388 g/mol. The summed E-state index contributed by atoms with van der Waals surface area (Å²) in [5.74, 6) is -0.653. The van der Waals surface area contributed by atoms with Crippen molar-refractivity contribution in [2.75, 3.05) is 0 Å². The van der Waals surface area contributed by atoms with Crippen LogP contribution >= 0.6 is 0 Å². The zero-order valence-corrected chi connectivity index (χ0v) is 15.2. The Labute approximate surface area is 160 Å². The van der Waals surface area contributed by atoms with E-state index in [1.807, 2.05) is 0 Å². The van der Waals surface area contributed by atoms with Crippen molar-refractivity contribution >= 4 is 32.6 Å². The number of carbonyl (C=O) groups is 2. The first-order chi connectivity index (χ1) is 13.5. The number of ketones is 2. The standard InChI is InChI=1S/C21H12N2O4S/c24-20-14-5-1-2-6-15(14)21(25)17-11-13(9-10-16(17)20)28(26,27)23-12-22-18-7-3-4-8-19(18)23/h1-12H. The van der Waals surface area contributed by atoms with Gasteiger partial charge >= 0.3 is 0 Å². The molecule has 1 aliphatic carbocycles. The molecule has 0 unspecified atom stereocenters. The minimum absolute atomic E-state index is 0.0741. The zero-order valence-electron chi connectivity index (χ0n) is 14.4. The average Bonchev–Trinajstić information content (AvgIpc) is 3.16. The highest BCUT2D eigenvalue weighted by Crippen LogP contribution is 2.30. The maximum Gasteiger partial charge on any atom is 0.269 e. The van der Waals surface area contributed by atoms with Crippen LogP contribution in [-0.4, -0.2) is 28.9 Å². The van der Waals surface area contributed by atoms with Gasteiger partial charge in [-0.25, -0.2) is 17.4 Å². The largest absolute Gasteiger partial charge is 0.289 e. The van der Waals surface area contributed by atoms with E-state index < -0.39 is 10.0 Å². The molecule has 7 heteroatoms. The van der Waals surface area contributed by atoms with Gasteiger partial charge in [-0.2, -0.15) is 0 Å². The second-order valence-electron chi connectivity index (χ2n) is 6.45. The molecular weight excluding hydrogens is 376 g/mol. The Morgan fingerprint density at radius 3 is 2.07 bits per heavy atom. The molecule has 0 aliphatic heterocycles. The summed E-state index contributed by atoms with van der Waals surface area (Å²) in [5, 5.41) is 0. The number of aromatic nitrogens is 2. The van der Waals surface area contributed by atoms with Crippen LogP contribution in [0.4, 0.5) is 0 Å². The molecule has 0 amide bonds. The highest BCUT2D eigenvalue weighted by Gasteiger charge is 2.31. The fourth-order valence-electron chi connectivity index (χ4n) is 3.48. The minimum Gasteiger partial charge on any atom is -0.289 e. The van der Waals surface area contributed by atoms with E-state index in [0.717, 1.165) is 3.97 Å². The number of hydrogen-bond acceptors (Lipinski definition) is 5. The molecule has 0 atom stereocenters. The summed E-state index contributed by atoms with van der Waals surface area (Å²) in [6.07, 6.45) is 1.24. The second-order valence-corrected chi connectivity index (χ2v) is 8.26. The predicted octanol–water partition coefficient (Wildman–Crippen LogP) is 3.05. The molecular formula is C21H12N2O4S. The molecule has 0 fully saturated rings. The van der Waals surface area contributed by atoms with E-state index in [2.05, 4.69) is 4.98 Å². The highest BCUT2D eigenvalue weighted by atomic mass is 32.2. The Kier molecular flexibility index (Phi) is 3.38. The Bertz CT molecular complexity index is 1420. The SMILES string of the molecule is O=C1c2ccccc2C(=O)c2cc(S(=O)(=O)n3cnc4ccccc43)ccc21. The molecule has 0 saturated heterocycles. The second kappa shape index (κ2) is 5.71. The summed E-state index contributed by atoms with van der Waals surface area (Å²) in [4.78, 5) is 29.6. The fourth-order valence-corrected chi connectivity index (χ4v) is 4.80. The van der Waals surface area contributed by atoms with Crippen LogP contribution < -0.4 is 0 Å². The number of para-hydroxylation sites is 2. The van der Waals surface area contributed by atoms with Gasteiger partial charge in [-0.1, -0.05) is 36.4 Å². The van der Waals surface area contributed by atoms with E-state index >= 15 is 0 Å². The number of imidazole rings is 1. The molecule has 1 aromatic heterocycles. The molecule has 0 saturated carbocycles. The van der Waals surface area contributed by atoms with Crippen LogP contribution in [-0.2, 0) is 10.0 Å². The van der Waals surface area contributed by atoms with Crippen molar-refractivity contribution in [3.8, 4) is 0 Å². The Morgan fingerprint density at radius 1 is 0.714 bits per heavy atom. The van der Waals surface area contributed by atoms with E-state index in [9.17, 15) is 18.0 Å². The number of carbonyl (C=O) groups excluding carboxylic acids is 2. The lowest BCUT2D eigenvalue weighted by Gasteiger charge is -2.18. The lowest BCUT2D eigenvalue weighted by Crippen LogP contribution is -2.22. The zero-order chi connectivity index (χ0) is 19.5. The summed E-state index contributed by atoms with van der Waals surface area (Å²) >= 11 is 0. The van der Waals surface area contributed by atoms with Crippen molar-refractivity contribution < 1.29 is 18.0 Å². The van der Waals surface area contributed by atoms with E-state index in [-0.39, 0.29) is 33.2 Å². The number of rotatable bonds is 2. The van der Waals surface area contributed by atoms with Crippen LogP contribution in [0.5, 0.6) is 0 Å². The summed E-state index contributed by atoms with van der Waals surface area (Å²) in [7, 11) is -3.98. The predicted molar refractivity (Wildman–Crippen MR) is 102 cm³/mol. The van der Waals surface area contributed by atoms with Crippen LogP contribution in [0.3, 0.4) is 0 Å². The summed E-state index contributed by atoms with van der Waals surface area (Å²) in [5.41, 5.74) is 1.89. The minimum atomic E-state index is -3.98. The average molecular weight is 388 g/mol. The molecule has 5 rings (SSSR count). The first-order valence-electron chi connectivity index (χ1n) is 8.48. The summed E-state index contributed by atoms with van der Waals surface area (Å²) in [6.45, 7) is 0. The fraction of sp³-hybridized carbons (Fsp3) is 0. The third kappa shape index (κ3) is 2.20. The van der Waals surface area contributed by atoms with Crippen molar-refractivity contribution in [1.82, 2.24) is 8.96 Å². The molecule has 136 valence electrons. The third-order valence-electron chi connectivity index (χ3n) is 4.87. The Hall–Kier alpha value is -3.58. The highest BCUT2D eigenvalue weighted by molar-refractivity contribution is 7.90. The van der Waals surface area contributed by atoms with E-state index in [1.165, 1.54) is 24.5 Å². The topological polar surface area (TPSA) is 86.1 Å². The third-order valence-corrected chi connectivity index (χ3v) is 6.53. The van der Waals surface area contributed by atoms with Crippen molar-refractivity contribution in [3.63, 3.8) is 0 Å². The number of nitrogens with zero attached hydrogens (tertiary/aromatic N) is 2. The van der Waals surface area contributed by atoms with Crippen LogP contribution in [0.2, 0.25) is 0 Å².